The van der Waals surface area contributed by atoms with Gasteiger partial charge in [0.2, 0.25) is 5.91 Å². The van der Waals surface area contributed by atoms with Crippen LogP contribution in [0.25, 0.3) is 0 Å². The molecule has 24 heavy (non-hydrogen) atoms. The lowest BCUT2D eigenvalue weighted by atomic mass is 10.2. The average Bonchev–Trinajstić information content (AvgIpc) is 2.60. The van der Waals surface area contributed by atoms with E-state index in [-0.39, 0.29) is 18.3 Å². The topological polar surface area (TPSA) is 64.4 Å². The number of nitrogens with two attached hydrogens (primary N) is 1. The Labute approximate surface area is 153 Å². The molecule has 0 unspecified atom stereocenters. The number of nitrogens with one attached hydrogen (secondary N) is 1. The number of hydrogen-bond donors (Lipinski definition) is 2. The van der Waals surface area contributed by atoms with Crippen molar-refractivity contribution in [1.82, 2.24) is 0 Å². The van der Waals surface area contributed by atoms with Crippen LogP contribution < -0.4 is 15.8 Å². The summed E-state index contributed by atoms with van der Waals surface area (Å²) in [5.74, 6) is 1.48. The van der Waals surface area contributed by atoms with Crippen molar-refractivity contribution in [3.63, 3.8) is 0 Å². The van der Waals surface area contributed by atoms with E-state index in [9.17, 15) is 4.79 Å². The molecular weight excluding hydrogens is 344 g/mol. The van der Waals surface area contributed by atoms with Crippen molar-refractivity contribution >= 4 is 35.8 Å². The molecule has 0 aromatic heterocycles. The van der Waals surface area contributed by atoms with E-state index in [0.29, 0.717) is 13.0 Å². The molecule has 1 atom stereocenters. The molecule has 0 aliphatic carbocycles. The molecular formula is C18H23ClN2O2S. The lowest BCUT2D eigenvalue weighted by Crippen LogP contribution is -2.36. The van der Waals surface area contributed by atoms with Crippen LogP contribution >= 0.6 is 24.2 Å². The number of carbonyl (C=O) groups excluding carboxylic acids is 1. The zero-order valence-electron chi connectivity index (χ0n) is 13.6. The molecule has 0 bridgehead atoms. The van der Waals surface area contributed by atoms with Crippen LogP contribution in [0.4, 0.5) is 5.69 Å². The molecule has 0 aliphatic rings. The van der Waals surface area contributed by atoms with E-state index in [0.717, 1.165) is 22.8 Å². The van der Waals surface area contributed by atoms with Crippen molar-refractivity contribution in [2.75, 3.05) is 17.3 Å². The van der Waals surface area contributed by atoms with Gasteiger partial charge in [0.05, 0.1) is 6.04 Å². The van der Waals surface area contributed by atoms with E-state index in [1.165, 1.54) is 0 Å². The Morgan fingerprint density at radius 2 is 1.83 bits per heavy atom. The van der Waals surface area contributed by atoms with Crippen molar-refractivity contribution < 1.29 is 9.53 Å². The zero-order valence-corrected chi connectivity index (χ0v) is 15.2. The number of carbonyl (C=O) groups is 1. The van der Waals surface area contributed by atoms with Gasteiger partial charge in [-0.05, 0) is 48.3 Å². The molecule has 2 rings (SSSR count). The van der Waals surface area contributed by atoms with E-state index in [2.05, 4.69) is 5.32 Å². The highest BCUT2D eigenvalue weighted by Crippen LogP contribution is 2.17. The van der Waals surface area contributed by atoms with Gasteiger partial charge in [-0.2, -0.15) is 11.8 Å². The largest absolute Gasteiger partial charge is 0.489 e. The van der Waals surface area contributed by atoms with Gasteiger partial charge < -0.3 is 15.8 Å². The number of thioether (sulfide) groups is 1. The normalized spacial score (nSPS) is 11.2. The molecule has 4 nitrogen and oxygen atoms in total. The maximum absolute atomic E-state index is 11.9. The van der Waals surface area contributed by atoms with Crippen molar-refractivity contribution in [2.45, 2.75) is 19.1 Å². The van der Waals surface area contributed by atoms with E-state index in [4.69, 9.17) is 10.5 Å². The Kier molecular flexibility index (Phi) is 9.30. The Bertz CT molecular complexity index is 608. The third-order valence-corrected chi connectivity index (χ3v) is 3.98. The highest BCUT2D eigenvalue weighted by atomic mass is 35.5. The van der Waals surface area contributed by atoms with Crippen LogP contribution in [0.2, 0.25) is 0 Å². The van der Waals surface area contributed by atoms with Gasteiger partial charge in [0.25, 0.3) is 0 Å². The monoisotopic (exact) mass is 366 g/mol. The molecule has 0 aliphatic heterocycles. The minimum Gasteiger partial charge on any atom is -0.489 e. The highest BCUT2D eigenvalue weighted by molar-refractivity contribution is 7.98. The first-order valence-electron chi connectivity index (χ1n) is 7.51. The first kappa shape index (κ1) is 20.4. The smallest absolute Gasteiger partial charge is 0.241 e. The summed E-state index contributed by atoms with van der Waals surface area (Å²) >= 11 is 1.68. The van der Waals surface area contributed by atoms with Crippen LogP contribution in [0.1, 0.15) is 12.0 Å². The molecule has 0 spiro atoms. The van der Waals surface area contributed by atoms with E-state index in [1.54, 1.807) is 11.8 Å². The zero-order chi connectivity index (χ0) is 16.5. The molecule has 6 heteroatoms. The van der Waals surface area contributed by atoms with Gasteiger partial charge in [-0.3, -0.25) is 4.79 Å². The third kappa shape index (κ3) is 6.83. The van der Waals surface area contributed by atoms with Gasteiger partial charge in [-0.25, -0.2) is 0 Å². The molecule has 0 fully saturated rings. The summed E-state index contributed by atoms with van der Waals surface area (Å²) in [5.41, 5.74) is 7.68. The van der Waals surface area contributed by atoms with Crippen LogP contribution in [-0.2, 0) is 11.4 Å². The second kappa shape index (κ2) is 11.0. The van der Waals surface area contributed by atoms with E-state index < -0.39 is 6.04 Å². The Morgan fingerprint density at radius 1 is 1.17 bits per heavy atom. The lowest BCUT2D eigenvalue weighted by Gasteiger charge is -2.12. The molecule has 2 aromatic carbocycles. The second-order valence-electron chi connectivity index (χ2n) is 5.18. The van der Waals surface area contributed by atoms with Crippen LogP contribution in [0, 0.1) is 0 Å². The Morgan fingerprint density at radius 3 is 2.46 bits per heavy atom. The van der Waals surface area contributed by atoms with Crippen molar-refractivity contribution in [3.8, 4) is 5.75 Å². The van der Waals surface area contributed by atoms with Crippen molar-refractivity contribution in [3.05, 3.63) is 60.2 Å². The fourth-order valence-corrected chi connectivity index (χ4v) is 2.48. The lowest BCUT2D eigenvalue weighted by molar-refractivity contribution is -0.117. The molecule has 0 heterocycles. The molecule has 0 saturated carbocycles. The van der Waals surface area contributed by atoms with Crippen LogP contribution in [0.15, 0.2) is 54.6 Å². The first-order chi connectivity index (χ1) is 11.2. The number of anilines is 1. The summed E-state index contributed by atoms with van der Waals surface area (Å²) < 4.78 is 5.71. The summed E-state index contributed by atoms with van der Waals surface area (Å²) in [6, 6.07) is 16.8. The highest BCUT2D eigenvalue weighted by Gasteiger charge is 2.12. The Balaban J connectivity index is 0.00000288. The number of benzene rings is 2. The van der Waals surface area contributed by atoms with Gasteiger partial charge in [0.1, 0.15) is 12.4 Å². The van der Waals surface area contributed by atoms with Gasteiger partial charge >= 0.3 is 0 Å². The molecule has 3 N–H and O–H groups in total. The summed E-state index contributed by atoms with van der Waals surface area (Å²) in [5, 5.41) is 2.82. The van der Waals surface area contributed by atoms with Crippen molar-refractivity contribution in [2.24, 2.45) is 5.73 Å². The summed E-state index contributed by atoms with van der Waals surface area (Å²) in [6.45, 7) is 0.520. The molecule has 1 amide bonds. The quantitative estimate of drug-likeness (QED) is 0.747. The number of hydrogen-bond acceptors (Lipinski definition) is 4. The van der Waals surface area contributed by atoms with Crippen molar-refractivity contribution in [1.29, 1.82) is 0 Å². The van der Waals surface area contributed by atoms with E-state index >= 15 is 0 Å². The standard InChI is InChI=1S/C18H22N2O2S.ClH/c1-23-12-11-17(19)18(21)20-15-7-9-16(10-8-15)22-13-14-5-3-2-4-6-14;/h2-10,17H,11-13,19H2,1H3,(H,20,21);1H/t17-;/m0./s1. The maximum atomic E-state index is 11.9. The van der Waals surface area contributed by atoms with Crippen LogP contribution in [-0.4, -0.2) is 24.0 Å². The minimum absolute atomic E-state index is 0. The number of ether oxygens (including phenoxy) is 1. The van der Waals surface area contributed by atoms with Gasteiger partial charge in [0, 0.05) is 5.69 Å². The molecule has 0 radical (unpaired) electrons. The fourth-order valence-electron chi connectivity index (χ4n) is 1.99. The summed E-state index contributed by atoms with van der Waals surface area (Å²) in [6.07, 6.45) is 2.67. The average molecular weight is 367 g/mol. The fraction of sp³-hybridized carbons (Fsp3) is 0.278. The van der Waals surface area contributed by atoms with Crippen LogP contribution in [0.3, 0.4) is 0 Å². The van der Waals surface area contributed by atoms with Crippen LogP contribution in [0.5, 0.6) is 5.75 Å². The van der Waals surface area contributed by atoms with E-state index in [1.807, 2.05) is 60.9 Å². The number of rotatable bonds is 8. The summed E-state index contributed by atoms with van der Waals surface area (Å²) in [7, 11) is 0. The molecule has 130 valence electrons. The first-order valence-corrected chi connectivity index (χ1v) is 8.90. The predicted octanol–water partition coefficient (Wildman–Crippen LogP) is 3.71. The summed E-state index contributed by atoms with van der Waals surface area (Å²) in [4.78, 5) is 11.9. The molecule has 0 saturated heterocycles. The predicted molar refractivity (Wildman–Crippen MR) is 104 cm³/mol. The molecule has 2 aromatic rings. The second-order valence-corrected chi connectivity index (χ2v) is 6.16. The minimum atomic E-state index is -0.476. The third-order valence-electron chi connectivity index (χ3n) is 3.34. The SMILES string of the molecule is CSCC[C@H](N)C(=O)Nc1ccc(OCc2ccccc2)cc1.Cl. The van der Waals surface area contributed by atoms with Gasteiger partial charge in [0.15, 0.2) is 0 Å². The number of amides is 1. The maximum Gasteiger partial charge on any atom is 0.241 e. The van der Waals surface area contributed by atoms with Gasteiger partial charge in [-0.15, -0.1) is 12.4 Å². The van der Waals surface area contributed by atoms with Gasteiger partial charge in [-0.1, -0.05) is 30.3 Å². The Hall–Kier alpha value is -1.69. The number of halogens is 1.